The molecule has 1 aliphatic carbocycles. The van der Waals surface area contributed by atoms with Crippen molar-refractivity contribution in [2.45, 2.75) is 25.8 Å². The van der Waals surface area contributed by atoms with Gasteiger partial charge >= 0.3 is 5.97 Å². The first kappa shape index (κ1) is 14.0. The van der Waals surface area contributed by atoms with E-state index in [-0.39, 0.29) is 22.5 Å². The van der Waals surface area contributed by atoms with Crippen molar-refractivity contribution in [3.8, 4) is 0 Å². The Kier molecular flexibility index (Phi) is 3.02. The van der Waals surface area contributed by atoms with Gasteiger partial charge in [0.25, 0.3) is 0 Å². The first-order chi connectivity index (χ1) is 9.84. The van der Waals surface area contributed by atoms with Crippen LogP contribution >= 0.6 is 11.6 Å². The number of benzene rings is 1. The first-order valence-corrected chi connectivity index (χ1v) is 6.67. The van der Waals surface area contributed by atoms with Gasteiger partial charge in [-0.15, -0.1) is 0 Å². The van der Waals surface area contributed by atoms with Gasteiger partial charge in [0.2, 0.25) is 5.43 Å². The van der Waals surface area contributed by atoms with Crippen molar-refractivity contribution in [2.75, 3.05) is 0 Å². The van der Waals surface area contributed by atoms with E-state index in [0.717, 1.165) is 19.0 Å². The summed E-state index contributed by atoms with van der Waals surface area (Å²) in [5.41, 5.74) is -1.67. The maximum absolute atomic E-state index is 14.3. The summed E-state index contributed by atoms with van der Waals surface area (Å²) in [5, 5.41) is 8.16. The Bertz CT molecular complexity index is 856. The second-order valence-corrected chi connectivity index (χ2v) is 5.48. The van der Waals surface area contributed by atoms with Gasteiger partial charge in [-0.2, -0.15) is 0 Å². The molecule has 1 fully saturated rings. The van der Waals surface area contributed by atoms with Gasteiger partial charge in [0.15, 0.2) is 5.82 Å². The summed E-state index contributed by atoms with van der Waals surface area (Å²) in [4.78, 5) is 23.4. The van der Waals surface area contributed by atoms with Crippen LogP contribution in [0.3, 0.4) is 0 Å². The Balaban J connectivity index is 2.59. The second kappa shape index (κ2) is 4.53. The van der Waals surface area contributed by atoms with Crippen LogP contribution in [0.1, 0.15) is 34.8 Å². The van der Waals surface area contributed by atoms with Crippen LogP contribution in [0.15, 0.2) is 11.0 Å². The molecular formula is C14H10ClF2NO3. The number of carbonyl (C=O) groups is 1. The van der Waals surface area contributed by atoms with Crippen molar-refractivity contribution >= 4 is 28.5 Å². The Hall–Kier alpha value is -1.95. The van der Waals surface area contributed by atoms with Crippen molar-refractivity contribution in [3.05, 3.63) is 44.2 Å². The highest BCUT2D eigenvalue weighted by molar-refractivity contribution is 6.31. The van der Waals surface area contributed by atoms with E-state index in [1.165, 1.54) is 11.5 Å². The summed E-state index contributed by atoms with van der Waals surface area (Å²) in [7, 11) is 0. The van der Waals surface area contributed by atoms with Gasteiger partial charge in [-0.3, -0.25) is 4.79 Å². The number of pyridine rings is 1. The molecular weight excluding hydrogens is 304 g/mol. The molecule has 1 saturated carbocycles. The van der Waals surface area contributed by atoms with Gasteiger partial charge in [-0.1, -0.05) is 11.6 Å². The SMILES string of the molecule is Cc1c(F)c(Cl)c(F)c2c1c(=O)c(C(=O)O)cn2C1CC1. The molecule has 0 unspecified atom stereocenters. The van der Waals surface area contributed by atoms with E-state index in [1.54, 1.807) is 0 Å². The van der Waals surface area contributed by atoms with Gasteiger partial charge in [0.05, 0.1) is 10.9 Å². The largest absolute Gasteiger partial charge is 0.477 e. The molecule has 110 valence electrons. The van der Waals surface area contributed by atoms with E-state index in [0.29, 0.717) is 0 Å². The zero-order valence-electron chi connectivity index (χ0n) is 10.9. The lowest BCUT2D eigenvalue weighted by atomic mass is 10.0. The number of hydrogen-bond donors (Lipinski definition) is 1. The van der Waals surface area contributed by atoms with Gasteiger partial charge in [0, 0.05) is 12.2 Å². The lowest BCUT2D eigenvalue weighted by Crippen LogP contribution is -2.21. The quantitative estimate of drug-likeness (QED) is 0.866. The average molecular weight is 314 g/mol. The molecule has 1 N–H and O–H groups in total. The van der Waals surface area contributed by atoms with E-state index in [1.807, 2.05) is 0 Å². The van der Waals surface area contributed by atoms with Crippen LogP contribution in [0.25, 0.3) is 10.9 Å². The van der Waals surface area contributed by atoms with Crippen LogP contribution < -0.4 is 5.43 Å². The third kappa shape index (κ3) is 1.93. The predicted molar refractivity (Wildman–Crippen MR) is 73.1 cm³/mol. The molecule has 0 bridgehead atoms. The van der Waals surface area contributed by atoms with Crippen LogP contribution in [-0.2, 0) is 0 Å². The Morgan fingerprint density at radius 2 is 2.00 bits per heavy atom. The molecule has 0 amide bonds. The number of carboxylic acids is 1. The third-order valence-electron chi connectivity index (χ3n) is 3.70. The minimum Gasteiger partial charge on any atom is -0.477 e. The summed E-state index contributed by atoms with van der Waals surface area (Å²) in [6.07, 6.45) is 2.59. The standard InChI is InChI=1S/C14H10ClF2NO3/c1-5-8-12(11(17)9(15)10(5)16)18(6-2-3-6)4-7(13(8)19)14(20)21/h4,6H,2-3H2,1H3,(H,20,21). The maximum Gasteiger partial charge on any atom is 0.341 e. The number of fused-ring (bicyclic) bond motifs is 1. The molecule has 0 atom stereocenters. The van der Waals surface area contributed by atoms with Gasteiger partial charge in [-0.25, -0.2) is 13.6 Å². The zero-order chi connectivity index (χ0) is 15.5. The highest BCUT2D eigenvalue weighted by atomic mass is 35.5. The lowest BCUT2D eigenvalue weighted by molar-refractivity contribution is 0.0695. The monoisotopic (exact) mass is 313 g/mol. The zero-order valence-corrected chi connectivity index (χ0v) is 11.7. The molecule has 0 radical (unpaired) electrons. The van der Waals surface area contributed by atoms with Crippen LogP contribution in [0.5, 0.6) is 0 Å². The molecule has 0 saturated heterocycles. The molecule has 0 spiro atoms. The predicted octanol–water partition coefficient (Wildman–Crippen LogP) is 3.27. The number of rotatable bonds is 2. The molecule has 3 rings (SSSR count). The number of carboxylic acid groups (broad SMARTS) is 1. The molecule has 1 heterocycles. The van der Waals surface area contributed by atoms with Crippen molar-refractivity contribution in [1.29, 1.82) is 0 Å². The number of halogens is 3. The van der Waals surface area contributed by atoms with Crippen LogP contribution in [0.2, 0.25) is 5.02 Å². The van der Waals surface area contributed by atoms with Crippen LogP contribution in [-0.4, -0.2) is 15.6 Å². The summed E-state index contributed by atoms with van der Waals surface area (Å²) in [6.45, 7) is 1.28. The van der Waals surface area contributed by atoms with Crippen molar-refractivity contribution < 1.29 is 18.7 Å². The minimum absolute atomic E-state index is 0.0957. The number of nitrogens with zero attached hydrogens (tertiary/aromatic N) is 1. The summed E-state index contributed by atoms with van der Waals surface area (Å²) >= 11 is 5.63. The van der Waals surface area contributed by atoms with E-state index in [2.05, 4.69) is 0 Å². The highest BCUT2D eigenvalue weighted by Gasteiger charge is 2.30. The Morgan fingerprint density at radius 1 is 1.38 bits per heavy atom. The van der Waals surface area contributed by atoms with Gasteiger partial charge in [0.1, 0.15) is 16.4 Å². The Morgan fingerprint density at radius 3 is 2.52 bits per heavy atom. The molecule has 7 heteroatoms. The molecule has 2 aromatic rings. The summed E-state index contributed by atoms with van der Waals surface area (Å²) < 4.78 is 29.6. The van der Waals surface area contributed by atoms with Crippen molar-refractivity contribution in [2.24, 2.45) is 0 Å². The first-order valence-electron chi connectivity index (χ1n) is 6.29. The van der Waals surface area contributed by atoms with E-state index in [9.17, 15) is 18.4 Å². The second-order valence-electron chi connectivity index (χ2n) is 5.11. The van der Waals surface area contributed by atoms with Gasteiger partial charge < -0.3 is 9.67 Å². The number of hydrogen-bond acceptors (Lipinski definition) is 2. The summed E-state index contributed by atoms with van der Waals surface area (Å²) in [5.74, 6) is -3.49. The third-order valence-corrected chi connectivity index (χ3v) is 4.03. The molecule has 21 heavy (non-hydrogen) atoms. The summed E-state index contributed by atoms with van der Waals surface area (Å²) in [6, 6.07) is -0.0957. The number of aromatic carboxylic acids is 1. The topological polar surface area (TPSA) is 59.3 Å². The minimum atomic E-state index is -1.42. The highest BCUT2D eigenvalue weighted by Crippen LogP contribution is 2.39. The molecule has 1 aromatic heterocycles. The Labute approximate surface area is 122 Å². The maximum atomic E-state index is 14.3. The number of aromatic nitrogens is 1. The fourth-order valence-electron chi connectivity index (χ4n) is 2.47. The fraction of sp³-hybridized carbons (Fsp3) is 0.286. The van der Waals surface area contributed by atoms with E-state index < -0.39 is 33.6 Å². The molecule has 0 aliphatic heterocycles. The fourth-order valence-corrected chi connectivity index (χ4v) is 2.70. The van der Waals surface area contributed by atoms with Crippen molar-refractivity contribution in [1.82, 2.24) is 4.57 Å². The smallest absolute Gasteiger partial charge is 0.341 e. The average Bonchev–Trinajstić information content (AvgIpc) is 3.26. The van der Waals surface area contributed by atoms with Crippen LogP contribution in [0, 0.1) is 18.6 Å². The molecule has 1 aromatic carbocycles. The lowest BCUT2D eigenvalue weighted by Gasteiger charge is -2.15. The van der Waals surface area contributed by atoms with Crippen LogP contribution in [0.4, 0.5) is 8.78 Å². The van der Waals surface area contributed by atoms with Gasteiger partial charge in [-0.05, 0) is 25.3 Å². The number of aryl methyl sites for hydroxylation is 1. The van der Waals surface area contributed by atoms with E-state index >= 15 is 0 Å². The van der Waals surface area contributed by atoms with Crippen molar-refractivity contribution in [3.63, 3.8) is 0 Å². The van der Waals surface area contributed by atoms with E-state index in [4.69, 9.17) is 16.7 Å². The molecule has 4 nitrogen and oxygen atoms in total. The normalized spacial score (nSPS) is 14.7. The molecule has 1 aliphatic rings.